The van der Waals surface area contributed by atoms with Crippen LogP contribution in [0.15, 0.2) is 22.6 Å². The number of amides is 1. The second-order valence-electron chi connectivity index (χ2n) is 5.13. The number of likely N-dealkylation sites (tertiary alicyclic amines) is 1. The van der Waals surface area contributed by atoms with E-state index < -0.39 is 0 Å². The number of nitrogens with zero attached hydrogens (tertiary/aromatic N) is 1. The molecule has 5 nitrogen and oxygen atoms in total. The molecule has 0 unspecified atom stereocenters. The normalized spacial score (nSPS) is 16.4. The topological polar surface area (TPSA) is 59.8 Å². The summed E-state index contributed by atoms with van der Waals surface area (Å²) in [7, 11) is 0. The van der Waals surface area contributed by atoms with E-state index in [1.165, 1.54) is 6.08 Å². The lowest BCUT2D eigenvalue weighted by molar-refractivity contribution is -0.150. The highest BCUT2D eigenvalue weighted by atomic mass is 16.5. The largest absolute Gasteiger partial charge is 0.466 e. The molecule has 5 heteroatoms. The highest BCUT2D eigenvalue weighted by molar-refractivity contribution is 5.91. The Morgan fingerprint density at radius 2 is 2.10 bits per heavy atom. The summed E-state index contributed by atoms with van der Waals surface area (Å²) in [6.45, 7) is 5.24. The maximum absolute atomic E-state index is 12.1. The minimum atomic E-state index is -0.147. The van der Waals surface area contributed by atoms with E-state index in [0.29, 0.717) is 38.3 Å². The van der Waals surface area contributed by atoms with Crippen LogP contribution >= 0.6 is 0 Å². The Labute approximate surface area is 124 Å². The first-order chi connectivity index (χ1) is 10.1. The van der Waals surface area contributed by atoms with Gasteiger partial charge in [-0.15, -0.1) is 0 Å². The highest BCUT2D eigenvalue weighted by Gasteiger charge is 2.27. The lowest BCUT2D eigenvalue weighted by Crippen LogP contribution is -2.39. The van der Waals surface area contributed by atoms with Gasteiger partial charge in [-0.2, -0.15) is 0 Å². The molecule has 1 amide bonds. The van der Waals surface area contributed by atoms with Crippen LogP contribution in [0.25, 0.3) is 6.08 Å². The third kappa shape index (κ3) is 4.21. The van der Waals surface area contributed by atoms with Gasteiger partial charge in [0.05, 0.1) is 12.5 Å². The summed E-state index contributed by atoms with van der Waals surface area (Å²) < 4.78 is 10.4. The molecule has 0 radical (unpaired) electrons. The molecule has 0 bridgehead atoms. The molecule has 1 aliphatic heterocycles. The fraction of sp³-hybridized carbons (Fsp3) is 0.500. The lowest BCUT2D eigenvalue weighted by atomic mass is 9.97. The Bertz CT molecular complexity index is 524. The Morgan fingerprint density at radius 3 is 2.67 bits per heavy atom. The Morgan fingerprint density at radius 1 is 1.38 bits per heavy atom. The SMILES string of the molecule is CCOC(=O)C1CCN(C(=O)/C=C/c2ccc(C)o2)CC1. The van der Waals surface area contributed by atoms with Crippen molar-refractivity contribution in [3.63, 3.8) is 0 Å². The molecule has 1 fully saturated rings. The summed E-state index contributed by atoms with van der Waals surface area (Å²) in [6.07, 6.45) is 4.52. The Balaban J connectivity index is 1.83. The molecule has 1 saturated heterocycles. The summed E-state index contributed by atoms with van der Waals surface area (Å²) in [5.74, 6) is 1.21. The first-order valence-corrected chi connectivity index (χ1v) is 7.30. The molecule has 1 aromatic heterocycles. The van der Waals surface area contributed by atoms with Crippen LogP contribution in [0.3, 0.4) is 0 Å². The maximum Gasteiger partial charge on any atom is 0.309 e. The molecule has 21 heavy (non-hydrogen) atoms. The smallest absolute Gasteiger partial charge is 0.309 e. The van der Waals surface area contributed by atoms with E-state index in [0.717, 1.165) is 5.76 Å². The van der Waals surface area contributed by atoms with Gasteiger partial charge in [-0.3, -0.25) is 9.59 Å². The van der Waals surface area contributed by atoms with Crippen molar-refractivity contribution in [2.45, 2.75) is 26.7 Å². The van der Waals surface area contributed by atoms with Gasteiger partial charge in [0, 0.05) is 19.2 Å². The van der Waals surface area contributed by atoms with E-state index in [4.69, 9.17) is 9.15 Å². The molecule has 0 N–H and O–H groups in total. The average molecular weight is 291 g/mol. The van der Waals surface area contributed by atoms with Crippen molar-refractivity contribution < 1.29 is 18.7 Å². The predicted octanol–water partition coefficient (Wildman–Crippen LogP) is 2.40. The van der Waals surface area contributed by atoms with E-state index in [1.807, 2.05) is 19.1 Å². The third-order valence-electron chi connectivity index (χ3n) is 3.58. The Kier molecular flexibility index (Phi) is 5.20. The van der Waals surface area contributed by atoms with Gasteiger partial charge < -0.3 is 14.1 Å². The molecular formula is C16H21NO4. The lowest BCUT2D eigenvalue weighted by Gasteiger charge is -2.30. The van der Waals surface area contributed by atoms with Crippen LogP contribution in [-0.2, 0) is 14.3 Å². The molecule has 0 spiro atoms. The number of hydrogen-bond acceptors (Lipinski definition) is 4. The standard InChI is InChI=1S/C16H21NO4/c1-3-20-16(19)13-8-10-17(11-9-13)15(18)7-6-14-5-4-12(2)21-14/h4-7,13H,3,8-11H2,1-2H3/b7-6+. The van der Waals surface area contributed by atoms with Crippen LogP contribution in [0.5, 0.6) is 0 Å². The molecule has 0 saturated carbocycles. The quantitative estimate of drug-likeness (QED) is 0.631. The second kappa shape index (κ2) is 7.11. The van der Waals surface area contributed by atoms with Crippen LogP contribution in [0.2, 0.25) is 0 Å². The molecule has 2 heterocycles. The predicted molar refractivity (Wildman–Crippen MR) is 78.4 cm³/mol. The monoisotopic (exact) mass is 291 g/mol. The molecule has 1 aromatic rings. The number of aryl methyl sites for hydroxylation is 1. The van der Waals surface area contributed by atoms with Crippen LogP contribution in [0.1, 0.15) is 31.3 Å². The number of rotatable bonds is 4. The molecule has 2 rings (SSSR count). The van der Waals surface area contributed by atoms with Crippen molar-refractivity contribution in [1.29, 1.82) is 0 Å². The van der Waals surface area contributed by atoms with Crippen LogP contribution in [-0.4, -0.2) is 36.5 Å². The van der Waals surface area contributed by atoms with Crippen molar-refractivity contribution >= 4 is 18.0 Å². The van der Waals surface area contributed by atoms with Crippen molar-refractivity contribution in [3.8, 4) is 0 Å². The minimum absolute atomic E-state index is 0.0497. The van der Waals surface area contributed by atoms with Crippen molar-refractivity contribution in [2.75, 3.05) is 19.7 Å². The summed E-state index contributed by atoms with van der Waals surface area (Å²) in [5.41, 5.74) is 0. The third-order valence-corrected chi connectivity index (χ3v) is 3.58. The van der Waals surface area contributed by atoms with E-state index in [9.17, 15) is 9.59 Å². The number of hydrogen-bond donors (Lipinski definition) is 0. The summed E-state index contributed by atoms with van der Waals surface area (Å²) in [4.78, 5) is 25.4. The van der Waals surface area contributed by atoms with Gasteiger partial charge in [-0.05, 0) is 44.9 Å². The van der Waals surface area contributed by atoms with Gasteiger partial charge in [0.1, 0.15) is 11.5 Å². The zero-order valence-electron chi connectivity index (χ0n) is 12.5. The number of carbonyl (C=O) groups is 2. The number of ether oxygens (including phenoxy) is 1. The fourth-order valence-corrected chi connectivity index (χ4v) is 2.40. The summed E-state index contributed by atoms with van der Waals surface area (Å²) in [6, 6.07) is 3.68. The number of furan rings is 1. The van der Waals surface area contributed by atoms with E-state index in [2.05, 4.69) is 0 Å². The Hall–Kier alpha value is -2.04. The van der Waals surface area contributed by atoms with Gasteiger partial charge in [0.15, 0.2) is 0 Å². The van der Waals surface area contributed by atoms with E-state index >= 15 is 0 Å². The van der Waals surface area contributed by atoms with Gasteiger partial charge in [-0.1, -0.05) is 0 Å². The molecule has 0 aliphatic carbocycles. The molecule has 114 valence electrons. The first kappa shape index (κ1) is 15.4. The molecule has 0 atom stereocenters. The molecular weight excluding hydrogens is 270 g/mol. The average Bonchev–Trinajstić information content (AvgIpc) is 2.91. The number of carbonyl (C=O) groups excluding carboxylic acids is 2. The number of esters is 1. The second-order valence-corrected chi connectivity index (χ2v) is 5.13. The minimum Gasteiger partial charge on any atom is -0.466 e. The zero-order valence-corrected chi connectivity index (χ0v) is 12.5. The first-order valence-electron chi connectivity index (χ1n) is 7.30. The van der Waals surface area contributed by atoms with Crippen molar-refractivity contribution in [1.82, 2.24) is 4.90 Å². The number of piperidine rings is 1. The zero-order chi connectivity index (χ0) is 15.2. The van der Waals surface area contributed by atoms with E-state index in [1.54, 1.807) is 17.9 Å². The van der Waals surface area contributed by atoms with Crippen LogP contribution in [0.4, 0.5) is 0 Å². The van der Waals surface area contributed by atoms with Crippen molar-refractivity contribution in [3.05, 3.63) is 29.7 Å². The fourth-order valence-electron chi connectivity index (χ4n) is 2.40. The summed E-state index contributed by atoms with van der Waals surface area (Å²) >= 11 is 0. The highest BCUT2D eigenvalue weighted by Crippen LogP contribution is 2.19. The van der Waals surface area contributed by atoms with Gasteiger partial charge >= 0.3 is 5.97 Å². The maximum atomic E-state index is 12.1. The van der Waals surface area contributed by atoms with Gasteiger partial charge in [-0.25, -0.2) is 0 Å². The molecule has 1 aliphatic rings. The van der Waals surface area contributed by atoms with Crippen LogP contribution in [0, 0.1) is 12.8 Å². The summed E-state index contributed by atoms with van der Waals surface area (Å²) in [5, 5.41) is 0. The van der Waals surface area contributed by atoms with Crippen LogP contribution < -0.4 is 0 Å². The van der Waals surface area contributed by atoms with E-state index in [-0.39, 0.29) is 17.8 Å². The molecule has 0 aromatic carbocycles. The van der Waals surface area contributed by atoms with Gasteiger partial charge in [0.25, 0.3) is 0 Å². The van der Waals surface area contributed by atoms with Crippen molar-refractivity contribution in [2.24, 2.45) is 5.92 Å². The van der Waals surface area contributed by atoms with Gasteiger partial charge in [0.2, 0.25) is 5.91 Å².